The maximum Gasteiger partial charge on any atom is 0.338 e. The summed E-state index contributed by atoms with van der Waals surface area (Å²) >= 11 is 0. The summed E-state index contributed by atoms with van der Waals surface area (Å²) < 4.78 is 10.9. The second-order valence-corrected chi connectivity index (χ2v) is 5.20. The molecule has 24 heavy (non-hydrogen) atoms. The normalized spacial score (nSPS) is 10.2. The van der Waals surface area contributed by atoms with Crippen LogP contribution in [-0.2, 0) is 18.0 Å². The SMILES string of the molecule is O=C(OCc1ccccn1)c1ccc(COc2ccccc2)cc1. The van der Waals surface area contributed by atoms with Crippen molar-refractivity contribution in [3.05, 3.63) is 95.8 Å². The van der Waals surface area contributed by atoms with E-state index in [2.05, 4.69) is 4.98 Å². The number of esters is 1. The van der Waals surface area contributed by atoms with Crippen molar-refractivity contribution < 1.29 is 14.3 Å². The molecule has 0 radical (unpaired) electrons. The maximum atomic E-state index is 12.0. The van der Waals surface area contributed by atoms with E-state index in [0.29, 0.717) is 12.2 Å². The van der Waals surface area contributed by atoms with E-state index in [0.717, 1.165) is 17.0 Å². The van der Waals surface area contributed by atoms with Crippen LogP contribution in [0.5, 0.6) is 5.75 Å². The van der Waals surface area contributed by atoms with E-state index in [1.165, 1.54) is 0 Å². The number of para-hydroxylation sites is 1. The molecule has 120 valence electrons. The summed E-state index contributed by atoms with van der Waals surface area (Å²) in [7, 11) is 0. The predicted octanol–water partition coefficient (Wildman–Crippen LogP) is 4.02. The fourth-order valence-corrected chi connectivity index (χ4v) is 2.13. The van der Waals surface area contributed by atoms with E-state index in [9.17, 15) is 4.79 Å². The second kappa shape index (κ2) is 7.92. The van der Waals surface area contributed by atoms with Crippen LogP contribution in [0, 0.1) is 0 Å². The molecule has 0 N–H and O–H groups in total. The summed E-state index contributed by atoms with van der Waals surface area (Å²) in [6, 6.07) is 22.3. The Balaban J connectivity index is 1.53. The third kappa shape index (κ3) is 4.43. The number of ether oxygens (including phenoxy) is 2. The zero-order valence-corrected chi connectivity index (χ0v) is 13.1. The summed E-state index contributed by atoms with van der Waals surface area (Å²) in [6.07, 6.45) is 1.67. The van der Waals surface area contributed by atoms with Gasteiger partial charge >= 0.3 is 5.97 Å². The number of benzene rings is 2. The zero-order valence-electron chi connectivity index (χ0n) is 13.1. The monoisotopic (exact) mass is 319 g/mol. The molecule has 0 amide bonds. The molecule has 4 heteroatoms. The molecule has 0 saturated carbocycles. The van der Waals surface area contributed by atoms with E-state index in [1.54, 1.807) is 18.3 Å². The van der Waals surface area contributed by atoms with Crippen molar-refractivity contribution in [1.82, 2.24) is 4.98 Å². The zero-order chi connectivity index (χ0) is 16.6. The second-order valence-electron chi connectivity index (χ2n) is 5.20. The topological polar surface area (TPSA) is 48.4 Å². The molecule has 1 aromatic heterocycles. The average molecular weight is 319 g/mol. The number of pyridine rings is 1. The van der Waals surface area contributed by atoms with Crippen molar-refractivity contribution in [3.63, 3.8) is 0 Å². The summed E-state index contributed by atoms with van der Waals surface area (Å²) in [6.45, 7) is 0.617. The van der Waals surface area contributed by atoms with Gasteiger partial charge in [0.25, 0.3) is 0 Å². The van der Waals surface area contributed by atoms with E-state index < -0.39 is 0 Å². The van der Waals surface area contributed by atoms with Gasteiger partial charge in [-0.3, -0.25) is 4.98 Å². The summed E-state index contributed by atoms with van der Waals surface area (Å²) in [5, 5.41) is 0. The number of hydrogen-bond donors (Lipinski definition) is 0. The third-order valence-electron chi connectivity index (χ3n) is 3.42. The van der Waals surface area contributed by atoms with E-state index in [-0.39, 0.29) is 12.6 Å². The number of aromatic nitrogens is 1. The fourth-order valence-electron chi connectivity index (χ4n) is 2.13. The van der Waals surface area contributed by atoms with Gasteiger partial charge in [-0.05, 0) is 42.0 Å². The van der Waals surface area contributed by atoms with Crippen LogP contribution in [0.1, 0.15) is 21.6 Å². The first-order valence-corrected chi connectivity index (χ1v) is 7.65. The fraction of sp³-hybridized carbons (Fsp3) is 0.100. The van der Waals surface area contributed by atoms with Crippen LogP contribution in [0.15, 0.2) is 79.0 Å². The van der Waals surface area contributed by atoms with Crippen LogP contribution in [0.4, 0.5) is 0 Å². The van der Waals surface area contributed by atoms with Gasteiger partial charge in [-0.25, -0.2) is 4.79 Å². The van der Waals surface area contributed by atoms with Crippen LogP contribution >= 0.6 is 0 Å². The smallest absolute Gasteiger partial charge is 0.338 e. The van der Waals surface area contributed by atoms with Crippen LogP contribution in [-0.4, -0.2) is 11.0 Å². The highest BCUT2D eigenvalue weighted by Gasteiger charge is 2.08. The lowest BCUT2D eigenvalue weighted by Gasteiger charge is -2.07. The molecule has 0 fully saturated rings. The molecule has 0 unspecified atom stereocenters. The van der Waals surface area contributed by atoms with Gasteiger partial charge in [-0.1, -0.05) is 36.4 Å². The average Bonchev–Trinajstić information content (AvgIpc) is 2.66. The van der Waals surface area contributed by atoms with Gasteiger partial charge in [-0.2, -0.15) is 0 Å². The molecule has 4 nitrogen and oxygen atoms in total. The highest BCUT2D eigenvalue weighted by molar-refractivity contribution is 5.89. The Morgan fingerprint density at radius 2 is 1.58 bits per heavy atom. The van der Waals surface area contributed by atoms with Crippen LogP contribution in [0.3, 0.4) is 0 Å². The van der Waals surface area contributed by atoms with Crippen LogP contribution in [0.2, 0.25) is 0 Å². The first-order valence-electron chi connectivity index (χ1n) is 7.65. The van der Waals surface area contributed by atoms with Gasteiger partial charge in [-0.15, -0.1) is 0 Å². The van der Waals surface area contributed by atoms with Crippen LogP contribution in [0.25, 0.3) is 0 Å². The van der Waals surface area contributed by atoms with Gasteiger partial charge in [0.1, 0.15) is 19.0 Å². The lowest BCUT2D eigenvalue weighted by molar-refractivity contribution is 0.0467. The standard InChI is InChI=1S/C20H17NO3/c22-20(24-15-18-6-4-5-13-21-18)17-11-9-16(10-12-17)14-23-19-7-2-1-3-8-19/h1-13H,14-15H2. The Hall–Kier alpha value is -3.14. The molecule has 0 bridgehead atoms. The third-order valence-corrected chi connectivity index (χ3v) is 3.42. The molecule has 0 aliphatic heterocycles. The minimum absolute atomic E-state index is 0.165. The number of hydrogen-bond acceptors (Lipinski definition) is 4. The van der Waals surface area contributed by atoms with Gasteiger partial charge in [0.2, 0.25) is 0 Å². The Morgan fingerprint density at radius 3 is 2.29 bits per heavy atom. The van der Waals surface area contributed by atoms with E-state index >= 15 is 0 Å². The number of carbonyl (C=O) groups is 1. The quantitative estimate of drug-likeness (QED) is 0.644. The molecule has 0 saturated heterocycles. The lowest BCUT2D eigenvalue weighted by atomic mass is 10.1. The van der Waals surface area contributed by atoms with Crippen molar-refractivity contribution in [2.24, 2.45) is 0 Å². The molecule has 0 aliphatic carbocycles. The first-order chi connectivity index (χ1) is 11.8. The minimum atomic E-state index is -0.365. The first kappa shape index (κ1) is 15.7. The largest absolute Gasteiger partial charge is 0.489 e. The van der Waals surface area contributed by atoms with Gasteiger partial charge < -0.3 is 9.47 Å². The maximum absolute atomic E-state index is 12.0. The molecule has 3 aromatic rings. The molecule has 0 aliphatic rings. The molecular formula is C20H17NO3. The van der Waals surface area contributed by atoms with Crippen molar-refractivity contribution in [1.29, 1.82) is 0 Å². The van der Waals surface area contributed by atoms with E-state index in [4.69, 9.17) is 9.47 Å². The highest BCUT2D eigenvalue weighted by atomic mass is 16.5. The van der Waals surface area contributed by atoms with Crippen molar-refractivity contribution >= 4 is 5.97 Å². The van der Waals surface area contributed by atoms with Crippen molar-refractivity contribution in [2.45, 2.75) is 13.2 Å². The van der Waals surface area contributed by atoms with Crippen molar-refractivity contribution in [2.75, 3.05) is 0 Å². The van der Waals surface area contributed by atoms with Gasteiger partial charge in [0.15, 0.2) is 0 Å². The minimum Gasteiger partial charge on any atom is -0.489 e. The molecule has 0 spiro atoms. The number of rotatable bonds is 6. The van der Waals surface area contributed by atoms with Crippen molar-refractivity contribution in [3.8, 4) is 5.75 Å². The highest BCUT2D eigenvalue weighted by Crippen LogP contribution is 2.13. The number of nitrogens with zero attached hydrogens (tertiary/aromatic N) is 1. The van der Waals surface area contributed by atoms with Gasteiger partial charge in [0.05, 0.1) is 11.3 Å². The summed E-state index contributed by atoms with van der Waals surface area (Å²) in [4.78, 5) is 16.1. The van der Waals surface area contributed by atoms with E-state index in [1.807, 2.05) is 60.7 Å². The molecule has 2 aromatic carbocycles. The Bertz CT molecular complexity index is 771. The Morgan fingerprint density at radius 1 is 0.833 bits per heavy atom. The summed E-state index contributed by atoms with van der Waals surface area (Å²) in [5.74, 6) is 0.451. The molecule has 1 heterocycles. The van der Waals surface area contributed by atoms with Crippen LogP contribution < -0.4 is 4.74 Å². The summed E-state index contributed by atoms with van der Waals surface area (Å²) in [5.41, 5.74) is 2.22. The predicted molar refractivity (Wildman–Crippen MR) is 90.6 cm³/mol. The Labute approximate surface area is 140 Å². The molecule has 0 atom stereocenters. The lowest BCUT2D eigenvalue weighted by Crippen LogP contribution is -2.06. The molecule has 3 rings (SSSR count). The van der Waals surface area contributed by atoms with Gasteiger partial charge in [0, 0.05) is 6.20 Å². The Kier molecular flexibility index (Phi) is 5.20. The number of carbonyl (C=O) groups excluding carboxylic acids is 1. The molecular weight excluding hydrogens is 302 g/mol.